The lowest BCUT2D eigenvalue weighted by Crippen LogP contribution is -2.34. The van der Waals surface area contributed by atoms with Crippen molar-refractivity contribution in [1.82, 2.24) is 24.9 Å². The molecule has 1 fully saturated rings. The molecule has 3 aromatic rings. The van der Waals surface area contributed by atoms with E-state index in [0.717, 1.165) is 30.2 Å². The zero-order valence-corrected chi connectivity index (χ0v) is 15.8. The summed E-state index contributed by atoms with van der Waals surface area (Å²) >= 11 is 1.38. The Bertz CT molecular complexity index is 1020. The summed E-state index contributed by atoms with van der Waals surface area (Å²) in [6, 6.07) is 3.65. The highest BCUT2D eigenvalue weighted by atomic mass is 32.1. The Morgan fingerprint density at radius 2 is 2.30 bits per heavy atom. The summed E-state index contributed by atoms with van der Waals surface area (Å²) in [6.07, 6.45) is 6.98. The van der Waals surface area contributed by atoms with Gasteiger partial charge in [-0.2, -0.15) is 4.52 Å². The molecular formula is C18H20N6O2S. The van der Waals surface area contributed by atoms with Gasteiger partial charge in [-0.05, 0) is 30.4 Å². The van der Waals surface area contributed by atoms with E-state index in [1.54, 1.807) is 18.5 Å². The van der Waals surface area contributed by atoms with Gasteiger partial charge in [0.05, 0.1) is 0 Å². The normalized spacial score (nSPS) is 17.2. The molecule has 0 radical (unpaired) electrons. The summed E-state index contributed by atoms with van der Waals surface area (Å²) < 4.78 is 1.23. The number of fused-ring (bicyclic) bond motifs is 1. The highest BCUT2D eigenvalue weighted by Crippen LogP contribution is 2.26. The summed E-state index contributed by atoms with van der Waals surface area (Å²) in [5, 5.41) is 7.93. The number of amides is 1. The number of nitrogens with zero attached hydrogens (tertiary/aromatic N) is 5. The van der Waals surface area contributed by atoms with Crippen LogP contribution in [-0.4, -0.2) is 38.6 Å². The largest absolute Gasteiger partial charge is 0.348 e. The van der Waals surface area contributed by atoms with E-state index in [-0.39, 0.29) is 5.56 Å². The summed E-state index contributed by atoms with van der Waals surface area (Å²) in [7, 11) is 0. The van der Waals surface area contributed by atoms with Crippen LogP contribution in [0.5, 0.6) is 0 Å². The maximum atomic E-state index is 12.7. The quantitative estimate of drug-likeness (QED) is 0.736. The van der Waals surface area contributed by atoms with Crippen LogP contribution in [0.3, 0.4) is 0 Å². The average molecular weight is 384 g/mol. The Labute approximate surface area is 159 Å². The Balaban J connectivity index is 1.56. The fourth-order valence-corrected chi connectivity index (χ4v) is 4.10. The second-order valence-corrected chi connectivity index (χ2v) is 7.73. The lowest BCUT2D eigenvalue weighted by molar-refractivity contribution is 0.0948. The second kappa shape index (κ2) is 7.43. The average Bonchev–Trinajstić information content (AvgIpc) is 3.13. The molecule has 1 amide bonds. The molecule has 0 unspecified atom stereocenters. The molecular weight excluding hydrogens is 364 g/mol. The maximum Gasteiger partial charge on any atom is 0.288 e. The Hall–Kier alpha value is -2.81. The first-order valence-electron chi connectivity index (χ1n) is 8.93. The summed E-state index contributed by atoms with van der Waals surface area (Å²) in [5.74, 6) is 0.135. The van der Waals surface area contributed by atoms with Crippen molar-refractivity contribution in [3.05, 3.63) is 52.2 Å². The van der Waals surface area contributed by atoms with E-state index >= 15 is 0 Å². The zero-order valence-electron chi connectivity index (χ0n) is 15.0. The third-order valence-corrected chi connectivity index (χ3v) is 5.61. The van der Waals surface area contributed by atoms with Crippen molar-refractivity contribution in [2.45, 2.75) is 26.3 Å². The number of rotatable bonds is 4. The van der Waals surface area contributed by atoms with Crippen LogP contribution in [0.25, 0.3) is 4.96 Å². The summed E-state index contributed by atoms with van der Waals surface area (Å²) in [4.78, 5) is 36.1. The number of nitrogens with one attached hydrogen (secondary N) is 1. The smallest absolute Gasteiger partial charge is 0.288 e. The molecule has 4 rings (SSSR count). The number of carbonyl (C=O) groups excluding carboxylic acids is 1. The van der Waals surface area contributed by atoms with E-state index in [2.05, 4.69) is 32.2 Å². The molecule has 0 aromatic carbocycles. The van der Waals surface area contributed by atoms with Crippen molar-refractivity contribution in [3.63, 3.8) is 0 Å². The van der Waals surface area contributed by atoms with Crippen LogP contribution in [0.2, 0.25) is 0 Å². The van der Waals surface area contributed by atoms with Gasteiger partial charge in [-0.25, -0.2) is 4.98 Å². The molecule has 8 nitrogen and oxygen atoms in total. The Kier molecular flexibility index (Phi) is 4.85. The molecule has 140 valence electrons. The van der Waals surface area contributed by atoms with Crippen LogP contribution in [0, 0.1) is 5.92 Å². The highest BCUT2D eigenvalue weighted by molar-refractivity contribution is 7.20. The molecule has 1 saturated heterocycles. The van der Waals surface area contributed by atoms with Crippen LogP contribution in [0.15, 0.2) is 35.5 Å². The van der Waals surface area contributed by atoms with Gasteiger partial charge in [0.15, 0.2) is 0 Å². The zero-order chi connectivity index (χ0) is 18.8. The number of anilines is 1. The van der Waals surface area contributed by atoms with E-state index in [1.165, 1.54) is 28.5 Å². The van der Waals surface area contributed by atoms with Gasteiger partial charge in [0.25, 0.3) is 11.5 Å². The fourth-order valence-electron chi connectivity index (χ4n) is 3.20. The predicted molar refractivity (Wildman–Crippen MR) is 103 cm³/mol. The minimum absolute atomic E-state index is 0.0137. The molecule has 1 aliphatic heterocycles. The van der Waals surface area contributed by atoms with E-state index in [0.29, 0.717) is 17.4 Å². The van der Waals surface area contributed by atoms with Gasteiger partial charge < -0.3 is 10.2 Å². The topological polar surface area (TPSA) is 92.5 Å². The van der Waals surface area contributed by atoms with E-state index in [9.17, 15) is 9.59 Å². The number of hydrogen-bond donors (Lipinski definition) is 1. The van der Waals surface area contributed by atoms with Crippen LogP contribution < -0.4 is 15.8 Å². The van der Waals surface area contributed by atoms with Crippen molar-refractivity contribution in [1.29, 1.82) is 0 Å². The standard InChI is InChI=1S/C18H20N6O2S/c1-12-4-3-7-23(11-12)18-22-24-16(26)14(10-21-17(24)27-18)15(25)20-9-13-5-2-6-19-8-13/h2,5-6,8,10,12H,3-4,7,9,11H2,1H3,(H,20,25)/t12-/m1/s1. The SMILES string of the molecule is C[C@@H]1CCCN(c2nn3c(=O)c(C(=O)NCc4cccnc4)cnc3s2)C1. The Morgan fingerprint density at radius 1 is 1.41 bits per heavy atom. The molecule has 4 heterocycles. The Morgan fingerprint density at radius 3 is 3.07 bits per heavy atom. The number of aromatic nitrogens is 4. The van der Waals surface area contributed by atoms with Crippen LogP contribution in [0.4, 0.5) is 5.13 Å². The molecule has 9 heteroatoms. The van der Waals surface area contributed by atoms with E-state index in [4.69, 9.17) is 0 Å². The lowest BCUT2D eigenvalue weighted by Gasteiger charge is -2.30. The number of piperidine rings is 1. The van der Waals surface area contributed by atoms with Crippen molar-refractivity contribution in [2.24, 2.45) is 5.92 Å². The van der Waals surface area contributed by atoms with E-state index < -0.39 is 11.5 Å². The molecule has 0 saturated carbocycles. The first kappa shape index (κ1) is 17.6. The molecule has 27 heavy (non-hydrogen) atoms. The molecule has 0 spiro atoms. The maximum absolute atomic E-state index is 12.7. The van der Waals surface area contributed by atoms with Gasteiger partial charge in [0, 0.05) is 38.2 Å². The van der Waals surface area contributed by atoms with E-state index in [1.807, 2.05) is 6.07 Å². The summed E-state index contributed by atoms with van der Waals surface area (Å²) in [6.45, 7) is 4.36. The van der Waals surface area contributed by atoms with Gasteiger partial charge in [0.1, 0.15) is 5.56 Å². The molecule has 0 bridgehead atoms. The second-order valence-electron chi connectivity index (χ2n) is 6.79. The first-order valence-corrected chi connectivity index (χ1v) is 9.74. The van der Waals surface area contributed by atoms with Crippen molar-refractivity contribution < 1.29 is 4.79 Å². The minimum atomic E-state index is -0.466. The van der Waals surface area contributed by atoms with Gasteiger partial charge in [0.2, 0.25) is 10.1 Å². The van der Waals surface area contributed by atoms with Gasteiger partial charge in [-0.3, -0.25) is 14.6 Å². The monoisotopic (exact) mass is 384 g/mol. The van der Waals surface area contributed by atoms with Gasteiger partial charge in [-0.15, -0.1) is 5.10 Å². The highest BCUT2D eigenvalue weighted by Gasteiger charge is 2.22. The molecule has 1 N–H and O–H groups in total. The van der Waals surface area contributed by atoms with Crippen LogP contribution in [0.1, 0.15) is 35.7 Å². The first-order chi connectivity index (χ1) is 13.1. The molecule has 1 aliphatic rings. The lowest BCUT2D eigenvalue weighted by atomic mass is 10.0. The number of carbonyl (C=O) groups is 1. The predicted octanol–water partition coefficient (Wildman–Crippen LogP) is 1.71. The van der Waals surface area contributed by atoms with Crippen LogP contribution in [-0.2, 0) is 6.54 Å². The van der Waals surface area contributed by atoms with Gasteiger partial charge >= 0.3 is 0 Å². The molecule has 0 aliphatic carbocycles. The van der Waals surface area contributed by atoms with Gasteiger partial charge in [-0.1, -0.05) is 24.3 Å². The van der Waals surface area contributed by atoms with Crippen molar-refractivity contribution in [2.75, 3.05) is 18.0 Å². The number of hydrogen-bond acceptors (Lipinski definition) is 7. The molecule has 3 aromatic heterocycles. The third kappa shape index (κ3) is 3.68. The summed E-state index contributed by atoms with van der Waals surface area (Å²) in [5.41, 5.74) is 0.395. The minimum Gasteiger partial charge on any atom is -0.348 e. The number of pyridine rings is 1. The van der Waals surface area contributed by atoms with Crippen molar-refractivity contribution in [3.8, 4) is 0 Å². The molecule has 1 atom stereocenters. The fraction of sp³-hybridized carbons (Fsp3) is 0.389. The third-order valence-electron chi connectivity index (χ3n) is 4.62. The van der Waals surface area contributed by atoms with Crippen molar-refractivity contribution >= 4 is 27.3 Å². The van der Waals surface area contributed by atoms with Crippen LogP contribution >= 0.6 is 11.3 Å².